The number of amides is 1. The van der Waals surface area contributed by atoms with Gasteiger partial charge in [0.05, 0.1) is 17.1 Å². The van der Waals surface area contributed by atoms with Gasteiger partial charge in [0.1, 0.15) is 28.4 Å². The fourth-order valence-electron chi connectivity index (χ4n) is 3.92. The molecule has 35 heavy (non-hydrogen) atoms. The van der Waals surface area contributed by atoms with Crippen LogP contribution in [-0.2, 0) is 16.8 Å². The first kappa shape index (κ1) is 22.5. The first-order valence-electron chi connectivity index (χ1n) is 10.1. The number of fused-ring (bicyclic) bond motifs is 2. The first-order valence-corrected chi connectivity index (χ1v) is 10.1. The zero-order valence-electron chi connectivity index (χ0n) is 17.7. The number of nitrogens with two attached hydrogens (primary N) is 1. The number of carbonyl (C=O) groups is 1. The highest BCUT2D eigenvalue weighted by Crippen LogP contribution is 2.44. The van der Waals surface area contributed by atoms with Crippen molar-refractivity contribution in [1.29, 1.82) is 0 Å². The van der Waals surface area contributed by atoms with E-state index in [0.717, 1.165) is 4.68 Å². The Hall–Kier alpha value is -4.24. The van der Waals surface area contributed by atoms with Gasteiger partial charge in [-0.2, -0.15) is 42.5 Å². The number of alkyl halides is 5. The van der Waals surface area contributed by atoms with Crippen LogP contribution in [0.25, 0.3) is 22.6 Å². The molecule has 4 N–H and O–H groups in total. The van der Waals surface area contributed by atoms with Gasteiger partial charge in [0.25, 0.3) is 0 Å². The number of H-pyrrole nitrogens is 1. The number of aromatic nitrogens is 8. The van der Waals surface area contributed by atoms with Crippen molar-refractivity contribution in [2.24, 2.45) is 0 Å². The molecule has 11 nitrogen and oxygen atoms in total. The highest BCUT2D eigenvalue weighted by molar-refractivity contribution is 6.09. The van der Waals surface area contributed by atoms with Crippen molar-refractivity contribution < 1.29 is 26.7 Å². The van der Waals surface area contributed by atoms with Gasteiger partial charge in [-0.3, -0.25) is 4.79 Å². The molecule has 0 aromatic carbocycles. The number of carbonyl (C=O) groups excluding carboxylic acids is 1. The number of nitrogen functional groups attached to an aromatic ring is 1. The van der Waals surface area contributed by atoms with Gasteiger partial charge in [0, 0.05) is 19.2 Å². The van der Waals surface area contributed by atoms with E-state index in [1.807, 2.05) is 0 Å². The second kappa shape index (κ2) is 7.38. The van der Waals surface area contributed by atoms with Crippen molar-refractivity contribution in [3.8, 4) is 11.5 Å². The molecule has 0 saturated heterocycles. The second-order valence-electron chi connectivity index (χ2n) is 7.99. The summed E-state index contributed by atoms with van der Waals surface area (Å²) in [6, 6.07) is 3.07. The molecule has 1 aliphatic heterocycles. The summed E-state index contributed by atoms with van der Waals surface area (Å²) in [5.74, 6) is -5.47. The highest BCUT2D eigenvalue weighted by atomic mass is 19.4. The Morgan fingerprint density at radius 3 is 2.66 bits per heavy atom. The van der Waals surface area contributed by atoms with E-state index >= 15 is 0 Å². The molecular formula is C19H15F5N10O. The lowest BCUT2D eigenvalue weighted by Crippen LogP contribution is -2.37. The lowest BCUT2D eigenvalue weighted by atomic mass is 9.81. The molecule has 5 heterocycles. The lowest BCUT2D eigenvalue weighted by Gasteiger charge is -2.19. The number of rotatable bonds is 5. The quantitative estimate of drug-likeness (QED) is 0.358. The van der Waals surface area contributed by atoms with E-state index in [-0.39, 0.29) is 40.1 Å². The number of anilines is 2. The standard InChI is InChI=1S/C19H15F5N10O/c1-17(9-7-27-33-31-9)10-12(25)28-14(29-13(10)30-16(17)35)11-8-3-2-5-26-15(8)34(32-11)6-4-18(20,21)19(22,23)24/h2-3,5,7H,4,6H2,1H3,(H,27,31,33)(H3,25,28,29,30,35). The summed E-state index contributed by atoms with van der Waals surface area (Å²) < 4.78 is 65.8. The molecule has 0 bridgehead atoms. The second-order valence-corrected chi connectivity index (χ2v) is 7.99. The average Bonchev–Trinajstić information content (AvgIpc) is 3.50. The third-order valence-corrected chi connectivity index (χ3v) is 5.82. The molecule has 0 spiro atoms. The molecule has 4 aromatic heterocycles. The fourth-order valence-corrected chi connectivity index (χ4v) is 3.92. The zero-order chi connectivity index (χ0) is 25.2. The molecular weight excluding hydrogens is 479 g/mol. The molecule has 4 aromatic rings. The van der Waals surface area contributed by atoms with Crippen LogP contribution in [-0.4, -0.2) is 58.1 Å². The number of aryl methyl sites for hydroxylation is 1. The van der Waals surface area contributed by atoms with Crippen molar-refractivity contribution in [3.63, 3.8) is 0 Å². The average molecular weight is 494 g/mol. The Morgan fingerprint density at radius 2 is 1.97 bits per heavy atom. The molecule has 1 atom stereocenters. The molecule has 1 amide bonds. The van der Waals surface area contributed by atoms with E-state index in [9.17, 15) is 26.7 Å². The SMILES string of the molecule is CC1(c2cn[nH]n2)C(=O)Nc2nc(-c3nn(CCC(F)(F)C(F)(F)F)c4ncccc34)nc(N)c21. The van der Waals surface area contributed by atoms with Gasteiger partial charge >= 0.3 is 12.1 Å². The van der Waals surface area contributed by atoms with E-state index in [1.54, 1.807) is 6.92 Å². The molecule has 0 saturated carbocycles. The van der Waals surface area contributed by atoms with Gasteiger partial charge in [0.2, 0.25) is 5.91 Å². The van der Waals surface area contributed by atoms with Crippen LogP contribution in [0.1, 0.15) is 24.6 Å². The maximum atomic E-state index is 13.5. The largest absolute Gasteiger partial charge is 0.453 e. The number of pyridine rings is 1. The van der Waals surface area contributed by atoms with E-state index in [1.165, 1.54) is 24.5 Å². The van der Waals surface area contributed by atoms with Crippen molar-refractivity contribution in [2.45, 2.75) is 37.4 Å². The van der Waals surface area contributed by atoms with E-state index in [2.05, 4.69) is 40.8 Å². The van der Waals surface area contributed by atoms with E-state index in [0.29, 0.717) is 5.39 Å². The lowest BCUT2D eigenvalue weighted by molar-refractivity contribution is -0.285. The van der Waals surface area contributed by atoms with Gasteiger partial charge in [-0.1, -0.05) is 0 Å². The van der Waals surface area contributed by atoms with Gasteiger partial charge in [-0.25, -0.2) is 19.6 Å². The van der Waals surface area contributed by atoms with Crippen molar-refractivity contribution in [3.05, 3.63) is 35.8 Å². The van der Waals surface area contributed by atoms with E-state index in [4.69, 9.17) is 5.73 Å². The summed E-state index contributed by atoms with van der Waals surface area (Å²) in [7, 11) is 0. The maximum Gasteiger partial charge on any atom is 0.453 e. The molecule has 1 unspecified atom stereocenters. The summed E-state index contributed by atoms with van der Waals surface area (Å²) >= 11 is 0. The van der Waals surface area contributed by atoms with Gasteiger partial charge in [-0.05, 0) is 19.1 Å². The van der Waals surface area contributed by atoms with Crippen molar-refractivity contribution >= 4 is 28.6 Å². The van der Waals surface area contributed by atoms with Crippen LogP contribution in [0.3, 0.4) is 0 Å². The topological polar surface area (TPSA) is 153 Å². The summed E-state index contributed by atoms with van der Waals surface area (Å²) in [4.78, 5) is 25.5. The predicted octanol–water partition coefficient (Wildman–Crippen LogP) is 2.43. The Kier molecular flexibility index (Phi) is 4.75. The van der Waals surface area contributed by atoms with Crippen molar-refractivity contribution in [2.75, 3.05) is 11.1 Å². The molecule has 5 rings (SSSR count). The highest BCUT2D eigenvalue weighted by Gasteiger charge is 2.57. The minimum absolute atomic E-state index is 0.0437. The Labute approximate surface area is 192 Å². The Morgan fingerprint density at radius 1 is 1.20 bits per heavy atom. The van der Waals surface area contributed by atoms with Crippen LogP contribution in [0.4, 0.5) is 33.6 Å². The summed E-state index contributed by atoms with van der Waals surface area (Å²) in [6.07, 6.45) is -4.53. The molecule has 0 fully saturated rings. The molecule has 182 valence electrons. The summed E-state index contributed by atoms with van der Waals surface area (Å²) in [6.45, 7) is 0.793. The third-order valence-electron chi connectivity index (χ3n) is 5.82. The predicted molar refractivity (Wildman–Crippen MR) is 110 cm³/mol. The molecule has 1 aliphatic rings. The molecule has 0 aliphatic carbocycles. The number of nitrogens with zero attached hydrogens (tertiary/aromatic N) is 7. The molecule has 16 heteroatoms. The van der Waals surface area contributed by atoms with Gasteiger partial charge in [-0.15, -0.1) is 0 Å². The molecule has 0 radical (unpaired) electrons. The fraction of sp³-hybridized carbons (Fsp3) is 0.316. The number of hydrogen-bond acceptors (Lipinski definition) is 8. The minimum atomic E-state index is -5.70. The summed E-state index contributed by atoms with van der Waals surface area (Å²) in [5.41, 5.74) is 5.49. The first-order chi connectivity index (χ1) is 16.4. The van der Waals surface area contributed by atoms with E-state index < -0.39 is 36.4 Å². The van der Waals surface area contributed by atoms with Crippen LogP contribution in [0.2, 0.25) is 0 Å². The number of aromatic amines is 1. The maximum absolute atomic E-state index is 13.5. The van der Waals surface area contributed by atoms with Crippen LogP contribution in [0, 0.1) is 0 Å². The minimum Gasteiger partial charge on any atom is -0.383 e. The Balaban J connectivity index is 1.58. The van der Waals surface area contributed by atoms with Crippen LogP contribution in [0.5, 0.6) is 0 Å². The summed E-state index contributed by atoms with van der Waals surface area (Å²) in [5, 5.41) is 17.2. The van der Waals surface area contributed by atoms with Crippen molar-refractivity contribution in [1.82, 2.24) is 40.1 Å². The van der Waals surface area contributed by atoms with Gasteiger partial charge < -0.3 is 11.1 Å². The smallest absolute Gasteiger partial charge is 0.383 e. The number of halogens is 5. The van der Waals surface area contributed by atoms with Crippen LogP contribution < -0.4 is 11.1 Å². The zero-order valence-corrected chi connectivity index (χ0v) is 17.7. The van der Waals surface area contributed by atoms with Gasteiger partial charge in [0.15, 0.2) is 11.5 Å². The Bertz CT molecular complexity index is 1450. The van der Waals surface area contributed by atoms with Crippen LogP contribution >= 0.6 is 0 Å². The normalized spacial score (nSPS) is 18.2. The third kappa shape index (κ3) is 3.35. The monoisotopic (exact) mass is 494 g/mol. The van der Waals surface area contributed by atoms with Crippen LogP contribution in [0.15, 0.2) is 24.5 Å². The number of nitrogens with one attached hydrogen (secondary N) is 2. The number of hydrogen-bond donors (Lipinski definition) is 3.